The van der Waals surface area contributed by atoms with Crippen molar-refractivity contribution in [2.75, 3.05) is 38.8 Å². The van der Waals surface area contributed by atoms with Gasteiger partial charge in [0, 0.05) is 26.3 Å². The van der Waals surface area contributed by atoms with Gasteiger partial charge in [0.2, 0.25) is 10.0 Å². The van der Waals surface area contributed by atoms with E-state index in [1.165, 1.54) is 24.5 Å². The third-order valence-corrected chi connectivity index (χ3v) is 6.50. The standard InChI is InChI=1S/C21H26N2O5S/c1-4-13-27-19-7-5-6-8-20(19)28-15-21(24)23-12-11-16-14-17(9-10-18(16)23)29(25,26)22(2)3/h5-10,14H,4,11-13,15H2,1-3H3. The van der Waals surface area contributed by atoms with Crippen LogP contribution in [0.4, 0.5) is 5.69 Å². The Kier molecular flexibility index (Phi) is 6.44. The Morgan fingerprint density at radius 1 is 1.10 bits per heavy atom. The van der Waals surface area contributed by atoms with Crippen molar-refractivity contribution in [2.45, 2.75) is 24.7 Å². The Morgan fingerprint density at radius 2 is 1.79 bits per heavy atom. The molecule has 0 atom stereocenters. The largest absolute Gasteiger partial charge is 0.490 e. The number of carbonyl (C=O) groups excluding carboxylic acids is 1. The number of sulfonamides is 1. The van der Waals surface area contributed by atoms with E-state index in [0.29, 0.717) is 31.1 Å². The highest BCUT2D eigenvalue weighted by Gasteiger charge is 2.27. The van der Waals surface area contributed by atoms with Gasteiger partial charge in [0.1, 0.15) is 0 Å². The molecule has 7 nitrogen and oxygen atoms in total. The lowest BCUT2D eigenvalue weighted by molar-refractivity contribution is -0.120. The van der Waals surface area contributed by atoms with Crippen LogP contribution < -0.4 is 14.4 Å². The van der Waals surface area contributed by atoms with E-state index in [9.17, 15) is 13.2 Å². The zero-order chi connectivity index (χ0) is 21.0. The van der Waals surface area contributed by atoms with Crippen LogP contribution in [-0.2, 0) is 21.2 Å². The summed E-state index contributed by atoms with van der Waals surface area (Å²) in [7, 11) is -0.508. The van der Waals surface area contributed by atoms with Crippen molar-refractivity contribution in [3.8, 4) is 11.5 Å². The average molecular weight is 419 g/mol. The molecule has 0 saturated heterocycles. The maximum atomic E-state index is 12.7. The second-order valence-electron chi connectivity index (χ2n) is 6.96. The number of nitrogens with zero attached hydrogens (tertiary/aromatic N) is 2. The van der Waals surface area contributed by atoms with E-state index in [4.69, 9.17) is 9.47 Å². The van der Waals surface area contributed by atoms with Gasteiger partial charge in [-0.3, -0.25) is 4.79 Å². The lowest BCUT2D eigenvalue weighted by atomic mass is 10.2. The van der Waals surface area contributed by atoms with E-state index in [1.54, 1.807) is 23.1 Å². The van der Waals surface area contributed by atoms with E-state index in [0.717, 1.165) is 17.7 Å². The molecule has 2 aromatic rings. The summed E-state index contributed by atoms with van der Waals surface area (Å²) in [4.78, 5) is 14.6. The predicted octanol–water partition coefficient (Wildman–Crippen LogP) is 2.69. The third kappa shape index (κ3) is 4.54. The van der Waals surface area contributed by atoms with Crippen molar-refractivity contribution in [3.63, 3.8) is 0 Å². The highest BCUT2D eigenvalue weighted by atomic mass is 32.2. The molecule has 2 aromatic carbocycles. The molecule has 0 saturated carbocycles. The Morgan fingerprint density at radius 3 is 2.45 bits per heavy atom. The number of para-hydroxylation sites is 2. The molecule has 0 bridgehead atoms. The summed E-state index contributed by atoms with van der Waals surface area (Å²) in [5, 5.41) is 0. The number of rotatable bonds is 8. The van der Waals surface area contributed by atoms with Crippen LogP contribution in [0.5, 0.6) is 11.5 Å². The molecule has 1 aliphatic rings. The van der Waals surface area contributed by atoms with Crippen LogP contribution in [0.2, 0.25) is 0 Å². The Bertz CT molecular complexity index is 988. The van der Waals surface area contributed by atoms with Crippen molar-refractivity contribution in [1.29, 1.82) is 0 Å². The molecule has 1 amide bonds. The smallest absolute Gasteiger partial charge is 0.264 e. The highest BCUT2D eigenvalue weighted by molar-refractivity contribution is 7.89. The van der Waals surface area contributed by atoms with Crippen LogP contribution in [0.15, 0.2) is 47.4 Å². The lowest BCUT2D eigenvalue weighted by Crippen LogP contribution is -2.33. The summed E-state index contributed by atoms with van der Waals surface area (Å²) in [6.07, 6.45) is 1.48. The number of fused-ring (bicyclic) bond motifs is 1. The van der Waals surface area contributed by atoms with Crippen LogP contribution in [0.1, 0.15) is 18.9 Å². The van der Waals surface area contributed by atoms with E-state index in [2.05, 4.69) is 0 Å². The number of ether oxygens (including phenoxy) is 2. The van der Waals surface area contributed by atoms with Crippen molar-refractivity contribution in [2.24, 2.45) is 0 Å². The Hall–Kier alpha value is -2.58. The second kappa shape index (κ2) is 8.84. The molecule has 0 radical (unpaired) electrons. The van der Waals surface area contributed by atoms with Gasteiger partial charge >= 0.3 is 0 Å². The van der Waals surface area contributed by atoms with E-state index in [-0.39, 0.29) is 17.4 Å². The molecule has 29 heavy (non-hydrogen) atoms. The molecule has 0 N–H and O–H groups in total. The highest BCUT2D eigenvalue weighted by Crippen LogP contribution is 2.31. The zero-order valence-corrected chi connectivity index (χ0v) is 17.7. The first-order chi connectivity index (χ1) is 13.8. The summed E-state index contributed by atoms with van der Waals surface area (Å²) >= 11 is 0. The predicted molar refractivity (Wildman–Crippen MR) is 111 cm³/mol. The lowest BCUT2D eigenvalue weighted by Gasteiger charge is -2.19. The first-order valence-electron chi connectivity index (χ1n) is 9.55. The number of hydrogen-bond acceptors (Lipinski definition) is 5. The Balaban J connectivity index is 1.71. The average Bonchev–Trinajstić information content (AvgIpc) is 3.14. The van der Waals surface area contributed by atoms with Gasteiger partial charge in [-0.15, -0.1) is 0 Å². The second-order valence-corrected chi connectivity index (χ2v) is 9.11. The van der Waals surface area contributed by atoms with Crippen molar-refractivity contribution in [1.82, 2.24) is 4.31 Å². The molecule has 156 valence electrons. The molecule has 1 heterocycles. The van der Waals surface area contributed by atoms with E-state index < -0.39 is 10.0 Å². The maximum absolute atomic E-state index is 12.7. The number of hydrogen-bond donors (Lipinski definition) is 0. The normalized spacial score (nSPS) is 13.4. The van der Waals surface area contributed by atoms with E-state index in [1.807, 2.05) is 25.1 Å². The molecule has 0 aliphatic carbocycles. The molecule has 0 fully saturated rings. The van der Waals surface area contributed by atoms with Gasteiger partial charge in [0.05, 0.1) is 11.5 Å². The number of benzene rings is 2. The molecule has 0 spiro atoms. The van der Waals surface area contributed by atoms with Crippen LogP contribution >= 0.6 is 0 Å². The monoisotopic (exact) mass is 418 g/mol. The fraction of sp³-hybridized carbons (Fsp3) is 0.381. The fourth-order valence-electron chi connectivity index (χ4n) is 3.13. The minimum absolute atomic E-state index is 0.121. The Labute approximate surface area is 171 Å². The maximum Gasteiger partial charge on any atom is 0.264 e. The van der Waals surface area contributed by atoms with Gasteiger partial charge in [0.25, 0.3) is 5.91 Å². The van der Waals surface area contributed by atoms with Gasteiger partial charge < -0.3 is 14.4 Å². The number of carbonyl (C=O) groups is 1. The quantitative estimate of drug-likeness (QED) is 0.659. The summed E-state index contributed by atoms with van der Waals surface area (Å²) < 4.78 is 37.2. The zero-order valence-electron chi connectivity index (χ0n) is 16.9. The minimum Gasteiger partial charge on any atom is -0.490 e. The number of anilines is 1. The molecule has 8 heteroatoms. The molecule has 0 unspecified atom stereocenters. The van der Waals surface area contributed by atoms with Gasteiger partial charge in [-0.05, 0) is 48.7 Å². The van der Waals surface area contributed by atoms with Crippen LogP contribution in [0.25, 0.3) is 0 Å². The SMILES string of the molecule is CCCOc1ccccc1OCC(=O)N1CCc2cc(S(=O)(=O)N(C)C)ccc21. The molecular weight excluding hydrogens is 392 g/mol. The van der Waals surface area contributed by atoms with Gasteiger partial charge in [-0.1, -0.05) is 19.1 Å². The molecule has 1 aliphatic heterocycles. The van der Waals surface area contributed by atoms with Crippen LogP contribution in [-0.4, -0.2) is 52.5 Å². The third-order valence-electron chi connectivity index (χ3n) is 4.69. The summed E-state index contributed by atoms with van der Waals surface area (Å²) in [6.45, 7) is 2.97. The first-order valence-corrected chi connectivity index (χ1v) is 11.0. The van der Waals surface area contributed by atoms with Gasteiger partial charge in [0.15, 0.2) is 18.1 Å². The first kappa shape index (κ1) is 21.1. The molecule has 0 aromatic heterocycles. The number of amides is 1. The van der Waals surface area contributed by atoms with E-state index >= 15 is 0 Å². The topological polar surface area (TPSA) is 76.1 Å². The van der Waals surface area contributed by atoms with Crippen LogP contribution in [0.3, 0.4) is 0 Å². The van der Waals surface area contributed by atoms with Gasteiger partial charge in [-0.25, -0.2) is 12.7 Å². The molecular formula is C21H26N2O5S. The summed E-state index contributed by atoms with van der Waals surface area (Å²) in [5.41, 5.74) is 1.57. The van der Waals surface area contributed by atoms with Crippen LogP contribution in [0, 0.1) is 0 Å². The molecule has 3 rings (SSSR count). The van der Waals surface area contributed by atoms with Crippen molar-refractivity contribution >= 4 is 21.6 Å². The van der Waals surface area contributed by atoms with Crippen molar-refractivity contribution < 1.29 is 22.7 Å². The summed E-state index contributed by atoms with van der Waals surface area (Å²) in [6, 6.07) is 12.1. The minimum atomic E-state index is -3.50. The fourth-order valence-corrected chi connectivity index (χ4v) is 4.08. The van der Waals surface area contributed by atoms with Crippen molar-refractivity contribution in [3.05, 3.63) is 48.0 Å². The summed E-state index contributed by atoms with van der Waals surface area (Å²) in [5.74, 6) is 0.959. The van der Waals surface area contributed by atoms with Gasteiger partial charge in [-0.2, -0.15) is 0 Å².